The van der Waals surface area contributed by atoms with Gasteiger partial charge >= 0.3 is 5.97 Å². The molecular weight excluding hydrogens is 292 g/mol. The lowest BCUT2D eigenvalue weighted by atomic mass is 9.83. The van der Waals surface area contributed by atoms with E-state index >= 15 is 0 Å². The Balaban J connectivity index is 3.21. The van der Waals surface area contributed by atoms with Crippen LogP contribution in [0.3, 0.4) is 0 Å². The van der Waals surface area contributed by atoms with E-state index in [1.54, 1.807) is 0 Å². The zero-order chi connectivity index (χ0) is 15.6. The monoisotopic (exact) mass is 314 g/mol. The number of carbonyl (C=O) groups is 1. The lowest BCUT2D eigenvalue weighted by Crippen LogP contribution is -2.39. The SMILES string of the molecule is COC(=O)C(C)(C)C(O[Si](C)(C)C)c1ccc(Cl)cc1. The number of hydrogen-bond acceptors (Lipinski definition) is 3. The molecule has 0 fully saturated rings. The van der Waals surface area contributed by atoms with E-state index in [-0.39, 0.29) is 12.1 Å². The molecule has 0 amide bonds. The van der Waals surface area contributed by atoms with Crippen molar-refractivity contribution in [2.75, 3.05) is 7.11 Å². The summed E-state index contributed by atoms with van der Waals surface area (Å²) in [5.74, 6) is -0.282. The zero-order valence-corrected chi connectivity index (χ0v) is 14.7. The smallest absolute Gasteiger partial charge is 0.314 e. The van der Waals surface area contributed by atoms with E-state index in [9.17, 15) is 4.79 Å². The van der Waals surface area contributed by atoms with Gasteiger partial charge in [-0.1, -0.05) is 23.7 Å². The summed E-state index contributed by atoms with van der Waals surface area (Å²) < 4.78 is 11.2. The highest BCUT2D eigenvalue weighted by Crippen LogP contribution is 2.39. The van der Waals surface area contributed by atoms with E-state index < -0.39 is 13.7 Å². The second-order valence-electron chi connectivity index (χ2n) is 6.38. The van der Waals surface area contributed by atoms with Crippen LogP contribution in [0.2, 0.25) is 24.7 Å². The van der Waals surface area contributed by atoms with Gasteiger partial charge in [-0.05, 0) is 51.2 Å². The van der Waals surface area contributed by atoms with Crippen molar-refractivity contribution in [2.24, 2.45) is 5.41 Å². The minimum atomic E-state index is -1.83. The van der Waals surface area contributed by atoms with Crippen LogP contribution in [-0.4, -0.2) is 21.4 Å². The Hall–Kier alpha value is -0.843. The van der Waals surface area contributed by atoms with Crippen LogP contribution in [0.15, 0.2) is 24.3 Å². The molecule has 5 heteroatoms. The molecule has 3 nitrogen and oxygen atoms in total. The van der Waals surface area contributed by atoms with E-state index in [1.807, 2.05) is 38.1 Å². The van der Waals surface area contributed by atoms with Crippen molar-refractivity contribution < 1.29 is 14.0 Å². The summed E-state index contributed by atoms with van der Waals surface area (Å²) in [5.41, 5.74) is 0.176. The van der Waals surface area contributed by atoms with Gasteiger partial charge in [-0.3, -0.25) is 4.79 Å². The third-order valence-electron chi connectivity index (χ3n) is 3.01. The van der Waals surface area contributed by atoms with Gasteiger partial charge in [-0.15, -0.1) is 0 Å². The lowest BCUT2D eigenvalue weighted by Gasteiger charge is -2.36. The van der Waals surface area contributed by atoms with Gasteiger partial charge in [0.25, 0.3) is 0 Å². The van der Waals surface area contributed by atoms with E-state index in [0.29, 0.717) is 5.02 Å². The second kappa shape index (κ2) is 6.29. The Morgan fingerprint density at radius 3 is 2.10 bits per heavy atom. The molecule has 0 saturated heterocycles. The number of rotatable bonds is 5. The van der Waals surface area contributed by atoms with Gasteiger partial charge in [0.2, 0.25) is 0 Å². The van der Waals surface area contributed by atoms with Gasteiger partial charge < -0.3 is 9.16 Å². The third kappa shape index (κ3) is 4.33. The molecule has 1 aromatic rings. The molecule has 1 atom stereocenters. The molecule has 112 valence electrons. The maximum absolute atomic E-state index is 12.1. The third-order valence-corrected chi connectivity index (χ3v) is 4.21. The first kappa shape index (κ1) is 17.2. The summed E-state index contributed by atoms with van der Waals surface area (Å²) in [7, 11) is -0.426. The molecule has 0 radical (unpaired) electrons. The molecule has 0 saturated carbocycles. The van der Waals surface area contributed by atoms with Crippen molar-refractivity contribution in [1.82, 2.24) is 0 Å². The zero-order valence-electron chi connectivity index (χ0n) is 13.0. The maximum Gasteiger partial charge on any atom is 0.314 e. The van der Waals surface area contributed by atoms with Gasteiger partial charge in [-0.25, -0.2) is 0 Å². The molecule has 1 rings (SSSR count). The molecule has 0 aliphatic heterocycles. The van der Waals surface area contributed by atoms with Crippen LogP contribution in [0.4, 0.5) is 0 Å². The average Bonchev–Trinajstić information content (AvgIpc) is 2.35. The van der Waals surface area contributed by atoms with Crippen molar-refractivity contribution in [3.63, 3.8) is 0 Å². The van der Waals surface area contributed by atoms with Crippen LogP contribution in [0, 0.1) is 5.41 Å². The first-order chi connectivity index (χ1) is 9.08. The summed E-state index contributed by atoms with van der Waals surface area (Å²) >= 11 is 5.93. The number of hydrogen-bond donors (Lipinski definition) is 0. The van der Waals surface area contributed by atoms with E-state index in [1.165, 1.54) is 7.11 Å². The van der Waals surface area contributed by atoms with Gasteiger partial charge in [0.1, 0.15) is 0 Å². The van der Waals surface area contributed by atoms with Crippen LogP contribution in [0.25, 0.3) is 0 Å². The second-order valence-corrected chi connectivity index (χ2v) is 11.3. The van der Waals surface area contributed by atoms with Gasteiger partial charge in [0.15, 0.2) is 8.32 Å². The molecule has 0 N–H and O–H groups in total. The van der Waals surface area contributed by atoms with Crippen molar-refractivity contribution >= 4 is 25.9 Å². The van der Waals surface area contributed by atoms with Crippen molar-refractivity contribution in [3.8, 4) is 0 Å². The number of methoxy groups -OCH3 is 1. The van der Waals surface area contributed by atoms with Gasteiger partial charge in [-0.2, -0.15) is 0 Å². The number of benzene rings is 1. The largest absolute Gasteiger partial charge is 0.469 e. The first-order valence-corrected chi connectivity index (χ1v) is 10.4. The minimum Gasteiger partial charge on any atom is -0.469 e. The van der Waals surface area contributed by atoms with E-state index in [0.717, 1.165) is 5.56 Å². The molecule has 1 unspecified atom stereocenters. The van der Waals surface area contributed by atoms with Crippen LogP contribution in [0.1, 0.15) is 25.5 Å². The van der Waals surface area contributed by atoms with E-state index in [2.05, 4.69) is 19.6 Å². The van der Waals surface area contributed by atoms with Crippen molar-refractivity contribution in [3.05, 3.63) is 34.9 Å². The molecule has 0 aliphatic carbocycles. The quantitative estimate of drug-likeness (QED) is 0.595. The van der Waals surface area contributed by atoms with E-state index in [4.69, 9.17) is 20.8 Å². The molecule has 0 bridgehead atoms. The fourth-order valence-electron chi connectivity index (χ4n) is 1.99. The highest BCUT2D eigenvalue weighted by atomic mass is 35.5. The van der Waals surface area contributed by atoms with Crippen LogP contribution in [-0.2, 0) is 14.0 Å². The van der Waals surface area contributed by atoms with Crippen LogP contribution in [0.5, 0.6) is 0 Å². The predicted molar refractivity (Wildman–Crippen MR) is 84.4 cm³/mol. The summed E-state index contributed by atoms with van der Waals surface area (Å²) in [6.07, 6.45) is -0.348. The molecule has 20 heavy (non-hydrogen) atoms. The normalized spacial score (nSPS) is 13.9. The Kier molecular flexibility index (Phi) is 5.41. The van der Waals surface area contributed by atoms with Crippen LogP contribution >= 0.6 is 11.6 Å². The molecular formula is C15H23ClO3Si. The molecule has 0 heterocycles. The molecule has 0 aromatic heterocycles. The van der Waals surface area contributed by atoms with Gasteiger partial charge in [0.05, 0.1) is 18.6 Å². The highest BCUT2D eigenvalue weighted by molar-refractivity contribution is 6.69. The first-order valence-electron chi connectivity index (χ1n) is 6.59. The number of ether oxygens (including phenoxy) is 1. The number of carbonyl (C=O) groups excluding carboxylic acids is 1. The number of esters is 1. The molecule has 1 aromatic carbocycles. The summed E-state index contributed by atoms with van der Waals surface area (Å²) in [5, 5.41) is 0.663. The number of halogens is 1. The lowest BCUT2D eigenvalue weighted by molar-refractivity contribution is -0.156. The Morgan fingerprint density at radius 1 is 1.20 bits per heavy atom. The molecule has 0 aliphatic rings. The summed E-state index contributed by atoms with van der Waals surface area (Å²) in [6.45, 7) is 9.99. The molecule has 0 spiro atoms. The maximum atomic E-state index is 12.1. The summed E-state index contributed by atoms with van der Waals surface area (Å²) in [4.78, 5) is 12.1. The highest BCUT2D eigenvalue weighted by Gasteiger charge is 2.41. The summed E-state index contributed by atoms with van der Waals surface area (Å²) in [6, 6.07) is 7.42. The van der Waals surface area contributed by atoms with Crippen molar-refractivity contribution in [2.45, 2.75) is 39.6 Å². The van der Waals surface area contributed by atoms with Crippen molar-refractivity contribution in [1.29, 1.82) is 0 Å². The Bertz CT molecular complexity index is 463. The topological polar surface area (TPSA) is 35.5 Å². The standard InChI is InChI=1S/C15H23ClO3Si/c1-15(2,14(17)18-3)13(19-20(4,5)6)11-7-9-12(16)10-8-11/h7-10,13H,1-6H3. The van der Waals surface area contributed by atoms with Gasteiger partial charge in [0, 0.05) is 5.02 Å². The van der Waals surface area contributed by atoms with Crippen LogP contribution < -0.4 is 0 Å². The average molecular weight is 315 g/mol. The predicted octanol–water partition coefficient (Wildman–Crippen LogP) is 4.43. The fraction of sp³-hybridized carbons (Fsp3) is 0.533. The fourth-order valence-corrected chi connectivity index (χ4v) is 3.26. The minimum absolute atomic E-state index is 0.282. The Labute approximate surface area is 127 Å². The Morgan fingerprint density at radius 2 is 1.70 bits per heavy atom.